The Kier molecular flexibility index (Phi) is 4.45. The van der Waals surface area contributed by atoms with Crippen LogP contribution in [0.25, 0.3) is 0 Å². The molecule has 0 fully saturated rings. The van der Waals surface area contributed by atoms with Gasteiger partial charge in [-0.25, -0.2) is 18.7 Å². The van der Waals surface area contributed by atoms with E-state index < -0.39 is 10.0 Å². The Hall–Kier alpha value is -2.11. The van der Waals surface area contributed by atoms with Crippen LogP contribution in [-0.4, -0.2) is 35.3 Å². The molecule has 0 aliphatic rings. The summed E-state index contributed by atoms with van der Waals surface area (Å²) in [7, 11) is -3.81. The minimum atomic E-state index is -3.81. The summed E-state index contributed by atoms with van der Waals surface area (Å²) in [5.74, 6) is -0.120. The molecular weight excluding hydrogens is 316 g/mol. The highest BCUT2D eigenvalue weighted by molar-refractivity contribution is 7.99. The molecule has 0 atom stereocenters. The molecule has 21 heavy (non-hydrogen) atoms. The second-order valence-electron chi connectivity index (χ2n) is 3.91. The topological polar surface area (TPSA) is 157 Å². The Morgan fingerprint density at radius 3 is 2.81 bits per heavy atom. The summed E-state index contributed by atoms with van der Waals surface area (Å²) < 4.78 is 22.4. The number of rotatable bonds is 5. The SMILES string of the molecule is Nc1nc(SCC(=O)Nc2cccc(S(N)(=O)=O)c2)n[nH]1. The number of H-pyrrole nitrogens is 1. The molecule has 0 spiro atoms. The van der Waals surface area contributed by atoms with Crippen molar-refractivity contribution in [2.24, 2.45) is 5.14 Å². The van der Waals surface area contributed by atoms with Crippen LogP contribution in [0.3, 0.4) is 0 Å². The zero-order valence-corrected chi connectivity index (χ0v) is 12.2. The fourth-order valence-electron chi connectivity index (χ4n) is 1.40. The van der Waals surface area contributed by atoms with Gasteiger partial charge in [0.25, 0.3) is 0 Å². The fourth-order valence-corrected chi connectivity index (χ4v) is 2.57. The number of nitrogens with one attached hydrogen (secondary N) is 2. The summed E-state index contributed by atoms with van der Waals surface area (Å²) in [5, 5.41) is 14.1. The monoisotopic (exact) mass is 328 g/mol. The maximum atomic E-state index is 11.7. The van der Waals surface area contributed by atoms with Crippen molar-refractivity contribution in [3.8, 4) is 0 Å². The minimum absolute atomic E-state index is 0.0525. The van der Waals surface area contributed by atoms with Gasteiger partial charge < -0.3 is 11.1 Å². The van der Waals surface area contributed by atoms with E-state index in [0.29, 0.717) is 10.8 Å². The quantitative estimate of drug-likeness (QED) is 0.552. The molecule has 2 aromatic rings. The molecule has 0 saturated carbocycles. The first-order valence-corrected chi connectivity index (χ1v) is 8.11. The number of nitrogen functional groups attached to an aromatic ring is 1. The summed E-state index contributed by atoms with van der Waals surface area (Å²) in [6.45, 7) is 0. The summed E-state index contributed by atoms with van der Waals surface area (Å²) in [5.41, 5.74) is 5.69. The van der Waals surface area contributed by atoms with E-state index in [2.05, 4.69) is 20.5 Å². The summed E-state index contributed by atoms with van der Waals surface area (Å²) >= 11 is 1.09. The second-order valence-corrected chi connectivity index (χ2v) is 6.42. The molecule has 0 aliphatic carbocycles. The first kappa shape index (κ1) is 15.3. The highest BCUT2D eigenvalue weighted by Gasteiger charge is 2.10. The Morgan fingerprint density at radius 1 is 1.43 bits per heavy atom. The molecule has 11 heteroatoms. The second kappa shape index (κ2) is 6.11. The number of nitrogens with zero attached hydrogens (tertiary/aromatic N) is 2. The number of benzene rings is 1. The lowest BCUT2D eigenvalue weighted by Gasteiger charge is -2.05. The average Bonchev–Trinajstić information content (AvgIpc) is 2.82. The highest BCUT2D eigenvalue weighted by atomic mass is 32.2. The number of aromatic amines is 1. The molecule has 2 rings (SSSR count). The number of thioether (sulfide) groups is 1. The predicted octanol–water partition coefficient (Wildman–Crippen LogP) is -0.235. The molecule has 0 bridgehead atoms. The van der Waals surface area contributed by atoms with Gasteiger partial charge >= 0.3 is 0 Å². The van der Waals surface area contributed by atoms with Crippen molar-refractivity contribution in [1.82, 2.24) is 15.2 Å². The van der Waals surface area contributed by atoms with E-state index in [-0.39, 0.29) is 22.5 Å². The minimum Gasteiger partial charge on any atom is -0.368 e. The molecule has 1 aromatic carbocycles. The zero-order chi connectivity index (χ0) is 15.5. The number of carbonyl (C=O) groups is 1. The molecular formula is C10H12N6O3S2. The third-order valence-corrected chi connectivity index (χ3v) is 4.02. The number of hydrogen-bond acceptors (Lipinski definition) is 7. The van der Waals surface area contributed by atoms with Crippen LogP contribution in [0.5, 0.6) is 0 Å². The number of carbonyl (C=O) groups excluding carboxylic acids is 1. The lowest BCUT2D eigenvalue weighted by Crippen LogP contribution is -2.16. The molecule has 0 saturated heterocycles. The molecule has 112 valence electrons. The average molecular weight is 328 g/mol. The number of aromatic nitrogens is 3. The number of nitrogens with two attached hydrogens (primary N) is 2. The maximum absolute atomic E-state index is 11.7. The molecule has 0 unspecified atom stereocenters. The first-order chi connectivity index (χ1) is 9.84. The highest BCUT2D eigenvalue weighted by Crippen LogP contribution is 2.16. The van der Waals surface area contributed by atoms with E-state index in [0.717, 1.165) is 11.8 Å². The normalized spacial score (nSPS) is 11.3. The van der Waals surface area contributed by atoms with Crippen molar-refractivity contribution in [1.29, 1.82) is 0 Å². The van der Waals surface area contributed by atoms with Crippen LogP contribution in [0.15, 0.2) is 34.3 Å². The van der Waals surface area contributed by atoms with Crippen molar-refractivity contribution in [2.75, 3.05) is 16.8 Å². The van der Waals surface area contributed by atoms with E-state index in [1.807, 2.05) is 0 Å². The molecule has 9 nitrogen and oxygen atoms in total. The van der Waals surface area contributed by atoms with Gasteiger partial charge in [-0.05, 0) is 18.2 Å². The number of anilines is 2. The summed E-state index contributed by atoms with van der Waals surface area (Å²) in [4.78, 5) is 15.5. The van der Waals surface area contributed by atoms with E-state index in [9.17, 15) is 13.2 Å². The van der Waals surface area contributed by atoms with Crippen LogP contribution in [-0.2, 0) is 14.8 Å². The van der Waals surface area contributed by atoms with Gasteiger partial charge in [0, 0.05) is 5.69 Å². The third-order valence-electron chi connectivity index (χ3n) is 2.26. The predicted molar refractivity (Wildman–Crippen MR) is 78.0 cm³/mol. The molecule has 0 aliphatic heterocycles. The molecule has 1 aromatic heterocycles. The number of amides is 1. The smallest absolute Gasteiger partial charge is 0.238 e. The number of hydrogen-bond donors (Lipinski definition) is 4. The van der Waals surface area contributed by atoms with Crippen LogP contribution in [0.1, 0.15) is 0 Å². The Balaban J connectivity index is 1.96. The van der Waals surface area contributed by atoms with Gasteiger partial charge in [-0.15, -0.1) is 5.10 Å². The van der Waals surface area contributed by atoms with Gasteiger partial charge in [-0.3, -0.25) is 4.79 Å². The van der Waals surface area contributed by atoms with Gasteiger partial charge in [-0.2, -0.15) is 4.98 Å². The van der Waals surface area contributed by atoms with Gasteiger partial charge in [0.1, 0.15) is 0 Å². The lowest BCUT2D eigenvalue weighted by molar-refractivity contribution is -0.113. The van der Waals surface area contributed by atoms with Crippen molar-refractivity contribution in [2.45, 2.75) is 10.1 Å². The van der Waals surface area contributed by atoms with Crippen molar-refractivity contribution in [3.05, 3.63) is 24.3 Å². The molecule has 1 amide bonds. The molecule has 6 N–H and O–H groups in total. The van der Waals surface area contributed by atoms with Gasteiger partial charge in [-0.1, -0.05) is 17.8 Å². The van der Waals surface area contributed by atoms with Gasteiger partial charge in [0.05, 0.1) is 10.6 Å². The van der Waals surface area contributed by atoms with Crippen LogP contribution in [0.4, 0.5) is 11.6 Å². The zero-order valence-electron chi connectivity index (χ0n) is 10.6. The Morgan fingerprint density at radius 2 is 2.19 bits per heavy atom. The maximum Gasteiger partial charge on any atom is 0.238 e. The summed E-state index contributed by atoms with van der Waals surface area (Å²) in [6, 6.07) is 5.67. The Labute approximate surface area is 124 Å². The van der Waals surface area contributed by atoms with Crippen LogP contribution >= 0.6 is 11.8 Å². The van der Waals surface area contributed by atoms with E-state index in [4.69, 9.17) is 10.9 Å². The van der Waals surface area contributed by atoms with Crippen molar-refractivity contribution < 1.29 is 13.2 Å². The molecule has 0 radical (unpaired) electrons. The largest absolute Gasteiger partial charge is 0.368 e. The lowest BCUT2D eigenvalue weighted by atomic mass is 10.3. The fraction of sp³-hybridized carbons (Fsp3) is 0.100. The Bertz CT molecular complexity index is 758. The van der Waals surface area contributed by atoms with Crippen LogP contribution < -0.4 is 16.2 Å². The van der Waals surface area contributed by atoms with Gasteiger partial charge in [0.15, 0.2) is 0 Å². The van der Waals surface area contributed by atoms with Crippen LogP contribution in [0.2, 0.25) is 0 Å². The van der Waals surface area contributed by atoms with E-state index in [1.54, 1.807) is 6.07 Å². The van der Waals surface area contributed by atoms with Crippen molar-refractivity contribution in [3.63, 3.8) is 0 Å². The summed E-state index contributed by atoms with van der Waals surface area (Å²) in [6.07, 6.45) is 0. The third kappa shape index (κ3) is 4.44. The molecule has 1 heterocycles. The van der Waals surface area contributed by atoms with Crippen LogP contribution in [0, 0.1) is 0 Å². The van der Waals surface area contributed by atoms with E-state index in [1.165, 1.54) is 18.2 Å². The number of sulfonamides is 1. The van der Waals surface area contributed by atoms with E-state index >= 15 is 0 Å². The number of primary sulfonamides is 1. The van der Waals surface area contributed by atoms with Crippen molar-refractivity contribution >= 4 is 39.3 Å². The van der Waals surface area contributed by atoms with Gasteiger partial charge in [0.2, 0.25) is 27.0 Å². The standard InChI is InChI=1S/C10H12N6O3S2/c11-9-14-10(16-15-9)20-5-8(17)13-6-2-1-3-7(4-6)21(12,18)19/h1-4H,5H2,(H,13,17)(H2,12,18,19)(H3,11,14,15,16). The first-order valence-electron chi connectivity index (χ1n) is 5.58.